The minimum atomic E-state index is -0.741. The smallest absolute Gasteiger partial charge is 0.259 e. The molecular formula is C15H17N5O2. The number of nitrogens with two attached hydrogens (primary N) is 1. The number of primary amides is 1. The van der Waals surface area contributed by atoms with Crippen LogP contribution in [0.5, 0.6) is 5.88 Å². The number of fused-ring (bicyclic) bond motifs is 1. The Kier molecular flexibility index (Phi) is 4.73. The highest BCUT2D eigenvalue weighted by molar-refractivity contribution is 5.96. The summed E-state index contributed by atoms with van der Waals surface area (Å²) in [6.45, 7) is 4.63. The van der Waals surface area contributed by atoms with Crippen LogP contribution in [0.1, 0.15) is 19.4 Å². The Morgan fingerprint density at radius 1 is 1.55 bits per heavy atom. The third kappa shape index (κ3) is 3.41. The molecule has 3 N–H and O–H groups in total. The van der Waals surface area contributed by atoms with Crippen molar-refractivity contribution in [1.29, 1.82) is 5.26 Å². The van der Waals surface area contributed by atoms with E-state index in [1.54, 1.807) is 12.3 Å². The molecular weight excluding hydrogens is 282 g/mol. The highest BCUT2D eigenvalue weighted by Gasteiger charge is 2.13. The maximum absolute atomic E-state index is 11.1. The van der Waals surface area contributed by atoms with Crippen molar-refractivity contribution >= 4 is 16.9 Å². The standard InChI is InChI=1S/C15H17N5O2/c1-9(2)7-22-15-12-11(4-3-10(5-16)13(17)21)6-18-14(12)19-8-20-15/h3,6,8-9H,4,7H2,1-2H3,(H2,17,21)(H,18,19,20). The molecule has 2 aromatic rings. The monoisotopic (exact) mass is 299 g/mol. The summed E-state index contributed by atoms with van der Waals surface area (Å²) in [5, 5.41) is 9.61. The lowest BCUT2D eigenvalue weighted by atomic mass is 10.1. The highest BCUT2D eigenvalue weighted by Crippen LogP contribution is 2.26. The quantitative estimate of drug-likeness (QED) is 0.618. The van der Waals surface area contributed by atoms with Gasteiger partial charge < -0.3 is 15.5 Å². The molecule has 0 spiro atoms. The average Bonchev–Trinajstić information content (AvgIpc) is 2.89. The molecule has 22 heavy (non-hydrogen) atoms. The maximum Gasteiger partial charge on any atom is 0.259 e. The largest absolute Gasteiger partial charge is 0.477 e. The van der Waals surface area contributed by atoms with Crippen molar-refractivity contribution in [3.63, 3.8) is 0 Å². The van der Waals surface area contributed by atoms with Gasteiger partial charge in [0.15, 0.2) is 0 Å². The summed E-state index contributed by atoms with van der Waals surface area (Å²) in [6, 6.07) is 1.78. The van der Waals surface area contributed by atoms with Crippen LogP contribution in [0.2, 0.25) is 0 Å². The van der Waals surface area contributed by atoms with E-state index >= 15 is 0 Å². The molecule has 1 amide bonds. The zero-order chi connectivity index (χ0) is 16.1. The van der Waals surface area contributed by atoms with Crippen molar-refractivity contribution in [3.8, 4) is 11.9 Å². The molecule has 2 rings (SSSR count). The van der Waals surface area contributed by atoms with E-state index in [-0.39, 0.29) is 5.57 Å². The Balaban J connectivity index is 2.35. The van der Waals surface area contributed by atoms with Crippen LogP contribution in [0.4, 0.5) is 0 Å². The van der Waals surface area contributed by atoms with Gasteiger partial charge >= 0.3 is 0 Å². The van der Waals surface area contributed by atoms with Crippen molar-refractivity contribution < 1.29 is 9.53 Å². The summed E-state index contributed by atoms with van der Waals surface area (Å²) >= 11 is 0. The number of hydrogen-bond donors (Lipinski definition) is 2. The molecule has 0 unspecified atom stereocenters. The number of nitrogens with one attached hydrogen (secondary N) is 1. The van der Waals surface area contributed by atoms with Crippen LogP contribution in [0.3, 0.4) is 0 Å². The molecule has 0 aromatic carbocycles. The summed E-state index contributed by atoms with van der Waals surface area (Å²) < 4.78 is 5.71. The van der Waals surface area contributed by atoms with E-state index in [2.05, 4.69) is 15.0 Å². The lowest BCUT2D eigenvalue weighted by Gasteiger charge is -2.09. The number of amides is 1. The number of ether oxygens (including phenoxy) is 1. The number of aromatic amines is 1. The van der Waals surface area contributed by atoms with E-state index < -0.39 is 5.91 Å². The van der Waals surface area contributed by atoms with Crippen LogP contribution in [0, 0.1) is 17.2 Å². The molecule has 7 nitrogen and oxygen atoms in total. The molecule has 0 saturated heterocycles. The molecule has 0 radical (unpaired) electrons. The van der Waals surface area contributed by atoms with E-state index in [1.807, 2.05) is 13.8 Å². The second-order valence-corrected chi connectivity index (χ2v) is 5.22. The number of carbonyl (C=O) groups is 1. The Labute approximate surface area is 127 Å². The van der Waals surface area contributed by atoms with Gasteiger partial charge in [-0.05, 0) is 17.9 Å². The van der Waals surface area contributed by atoms with Crippen LogP contribution in [-0.4, -0.2) is 27.5 Å². The van der Waals surface area contributed by atoms with E-state index in [0.29, 0.717) is 30.5 Å². The second kappa shape index (κ2) is 6.72. The molecule has 114 valence electrons. The van der Waals surface area contributed by atoms with Gasteiger partial charge in [-0.15, -0.1) is 0 Å². The van der Waals surface area contributed by atoms with Crippen molar-refractivity contribution in [3.05, 3.63) is 29.7 Å². The van der Waals surface area contributed by atoms with Gasteiger partial charge in [0.1, 0.15) is 23.6 Å². The van der Waals surface area contributed by atoms with E-state index in [9.17, 15) is 4.79 Å². The Bertz CT molecular complexity index is 755. The number of carbonyl (C=O) groups excluding carboxylic acids is 1. The van der Waals surface area contributed by atoms with Gasteiger partial charge in [-0.2, -0.15) is 5.26 Å². The fraction of sp³-hybridized carbons (Fsp3) is 0.333. The Hall–Kier alpha value is -2.88. The Morgan fingerprint density at radius 2 is 2.32 bits per heavy atom. The topological polar surface area (TPSA) is 118 Å². The number of rotatable bonds is 6. The van der Waals surface area contributed by atoms with Crippen LogP contribution in [-0.2, 0) is 11.2 Å². The summed E-state index contributed by atoms with van der Waals surface area (Å²) in [7, 11) is 0. The maximum atomic E-state index is 11.1. The molecule has 2 heterocycles. The minimum Gasteiger partial charge on any atom is -0.477 e. The number of nitrogens with zero attached hydrogens (tertiary/aromatic N) is 3. The van der Waals surface area contributed by atoms with Crippen molar-refractivity contribution in [1.82, 2.24) is 15.0 Å². The number of hydrogen-bond acceptors (Lipinski definition) is 5. The molecule has 2 aromatic heterocycles. The lowest BCUT2D eigenvalue weighted by molar-refractivity contribution is -0.114. The van der Waals surface area contributed by atoms with E-state index in [1.165, 1.54) is 12.4 Å². The average molecular weight is 299 g/mol. The second-order valence-electron chi connectivity index (χ2n) is 5.22. The summed E-state index contributed by atoms with van der Waals surface area (Å²) in [4.78, 5) is 22.4. The van der Waals surface area contributed by atoms with Gasteiger partial charge in [0, 0.05) is 6.20 Å². The molecule has 0 atom stereocenters. The molecule has 0 fully saturated rings. The van der Waals surface area contributed by atoms with Gasteiger partial charge in [0.25, 0.3) is 5.91 Å². The van der Waals surface area contributed by atoms with Gasteiger partial charge in [0.05, 0.1) is 12.0 Å². The first kappa shape index (κ1) is 15.5. The predicted molar refractivity (Wildman–Crippen MR) is 80.8 cm³/mol. The predicted octanol–water partition coefficient (Wildman–Crippen LogP) is 1.47. The molecule has 0 aliphatic heterocycles. The summed E-state index contributed by atoms with van der Waals surface area (Å²) in [5.74, 6) is 0.114. The molecule has 0 saturated carbocycles. The Morgan fingerprint density at radius 3 is 2.95 bits per heavy atom. The lowest BCUT2D eigenvalue weighted by Crippen LogP contribution is -2.12. The minimum absolute atomic E-state index is 0.0733. The SMILES string of the molecule is CC(C)COc1ncnc2[nH]cc(CC=C(C#N)C(N)=O)c12. The summed E-state index contributed by atoms with van der Waals surface area (Å²) in [5.41, 5.74) is 6.53. The zero-order valence-corrected chi connectivity index (χ0v) is 12.5. The molecule has 0 aliphatic carbocycles. The number of H-pyrrole nitrogens is 1. The first-order chi connectivity index (χ1) is 10.5. The fourth-order valence-electron chi connectivity index (χ4n) is 1.93. The van der Waals surface area contributed by atoms with E-state index in [0.717, 1.165) is 10.9 Å². The number of aromatic nitrogens is 3. The molecule has 0 aliphatic rings. The van der Waals surface area contributed by atoms with Crippen LogP contribution < -0.4 is 10.5 Å². The van der Waals surface area contributed by atoms with Crippen molar-refractivity contribution in [2.45, 2.75) is 20.3 Å². The van der Waals surface area contributed by atoms with E-state index in [4.69, 9.17) is 15.7 Å². The third-order valence-electron chi connectivity index (χ3n) is 2.98. The first-order valence-corrected chi connectivity index (χ1v) is 6.86. The highest BCUT2D eigenvalue weighted by atomic mass is 16.5. The molecule has 7 heteroatoms. The fourth-order valence-corrected chi connectivity index (χ4v) is 1.93. The number of nitriles is 1. The van der Waals surface area contributed by atoms with Crippen LogP contribution in [0.25, 0.3) is 11.0 Å². The molecule has 0 bridgehead atoms. The zero-order valence-electron chi connectivity index (χ0n) is 12.5. The number of allylic oxidation sites excluding steroid dienone is 1. The van der Waals surface area contributed by atoms with Gasteiger partial charge in [-0.3, -0.25) is 4.79 Å². The third-order valence-corrected chi connectivity index (χ3v) is 2.98. The van der Waals surface area contributed by atoms with Crippen LogP contribution >= 0.6 is 0 Å². The van der Waals surface area contributed by atoms with Gasteiger partial charge in [-0.25, -0.2) is 9.97 Å². The van der Waals surface area contributed by atoms with Gasteiger partial charge in [-0.1, -0.05) is 19.9 Å². The first-order valence-electron chi connectivity index (χ1n) is 6.86. The van der Waals surface area contributed by atoms with Gasteiger partial charge in [0.2, 0.25) is 5.88 Å². The van der Waals surface area contributed by atoms with Crippen LogP contribution in [0.15, 0.2) is 24.2 Å². The normalized spacial score (nSPS) is 11.6. The summed E-state index contributed by atoms with van der Waals surface area (Å²) in [6.07, 6.45) is 5.04. The van der Waals surface area contributed by atoms with Crippen molar-refractivity contribution in [2.75, 3.05) is 6.61 Å². The van der Waals surface area contributed by atoms with Crippen molar-refractivity contribution in [2.24, 2.45) is 11.7 Å².